The van der Waals surface area contributed by atoms with E-state index in [1.807, 2.05) is 0 Å². The van der Waals surface area contributed by atoms with E-state index >= 15 is 0 Å². The first kappa shape index (κ1) is 14.5. The van der Waals surface area contributed by atoms with Gasteiger partial charge in [-0.05, 0) is 66.2 Å². The van der Waals surface area contributed by atoms with Crippen LogP contribution in [0.2, 0.25) is 0 Å². The van der Waals surface area contributed by atoms with E-state index in [-0.39, 0.29) is 0 Å². The van der Waals surface area contributed by atoms with Crippen molar-refractivity contribution in [2.24, 2.45) is 11.8 Å². The minimum atomic E-state index is 0.324. The Morgan fingerprint density at radius 2 is 1.41 bits per heavy atom. The van der Waals surface area contributed by atoms with E-state index in [2.05, 4.69) is 45.6 Å². The minimum Gasteiger partial charge on any atom is -0.296 e. The highest BCUT2D eigenvalue weighted by molar-refractivity contribution is 4.90. The molecule has 2 heteroatoms. The topological polar surface area (TPSA) is 27.0 Å². The van der Waals surface area contributed by atoms with Gasteiger partial charge in [0.25, 0.3) is 0 Å². The first-order valence-electron chi connectivity index (χ1n) is 7.14. The lowest BCUT2D eigenvalue weighted by Crippen LogP contribution is -2.47. The Kier molecular flexibility index (Phi) is 5.46. The van der Waals surface area contributed by atoms with Crippen LogP contribution in [0.1, 0.15) is 60.3 Å². The predicted octanol–water partition coefficient (Wildman–Crippen LogP) is 3.82. The fraction of sp³-hybridized carbons (Fsp3) is 0.933. The molecule has 1 rings (SSSR count). The maximum absolute atomic E-state index is 8.94. The van der Waals surface area contributed by atoms with Crippen LogP contribution in [0.5, 0.6) is 0 Å². The Morgan fingerprint density at radius 1 is 0.941 bits per heavy atom. The molecule has 0 aromatic rings. The molecule has 98 valence electrons. The van der Waals surface area contributed by atoms with Crippen LogP contribution in [-0.4, -0.2) is 23.0 Å². The number of hydrogen-bond donors (Lipinski definition) is 0. The van der Waals surface area contributed by atoms with Crippen molar-refractivity contribution in [3.8, 4) is 6.07 Å². The molecule has 0 radical (unpaired) electrons. The van der Waals surface area contributed by atoms with Gasteiger partial charge in [-0.1, -0.05) is 0 Å². The van der Waals surface area contributed by atoms with Crippen LogP contribution < -0.4 is 0 Å². The molecule has 17 heavy (non-hydrogen) atoms. The molecule has 0 spiro atoms. The van der Waals surface area contributed by atoms with E-state index in [1.54, 1.807) is 0 Å². The lowest BCUT2D eigenvalue weighted by molar-refractivity contribution is 0.0659. The van der Waals surface area contributed by atoms with Crippen molar-refractivity contribution in [1.29, 1.82) is 5.26 Å². The van der Waals surface area contributed by atoms with Crippen molar-refractivity contribution in [1.82, 2.24) is 4.90 Å². The molecule has 1 unspecified atom stereocenters. The van der Waals surface area contributed by atoms with E-state index in [0.29, 0.717) is 24.0 Å². The van der Waals surface area contributed by atoms with Crippen molar-refractivity contribution in [3.63, 3.8) is 0 Å². The van der Waals surface area contributed by atoms with Gasteiger partial charge in [0.15, 0.2) is 0 Å². The number of nitrogens with zero attached hydrogens (tertiary/aromatic N) is 2. The molecular formula is C15H28N2. The molecule has 0 heterocycles. The summed E-state index contributed by atoms with van der Waals surface area (Å²) in [6.45, 7) is 11.5. The van der Waals surface area contributed by atoms with Gasteiger partial charge >= 0.3 is 0 Å². The van der Waals surface area contributed by atoms with Crippen molar-refractivity contribution in [2.75, 3.05) is 0 Å². The van der Waals surface area contributed by atoms with E-state index in [0.717, 1.165) is 18.8 Å². The molecule has 0 aromatic carbocycles. The molecule has 0 amide bonds. The Morgan fingerprint density at radius 3 is 1.76 bits per heavy atom. The van der Waals surface area contributed by atoms with Crippen LogP contribution in [-0.2, 0) is 0 Å². The third-order valence-corrected chi connectivity index (χ3v) is 4.30. The van der Waals surface area contributed by atoms with Crippen LogP contribution >= 0.6 is 0 Å². The summed E-state index contributed by atoms with van der Waals surface area (Å²) in [7, 11) is 0. The van der Waals surface area contributed by atoms with E-state index in [1.165, 1.54) is 12.8 Å². The lowest BCUT2D eigenvalue weighted by atomic mass is 9.78. The summed E-state index contributed by atoms with van der Waals surface area (Å²) in [6, 6.07) is 4.29. The zero-order valence-electron chi connectivity index (χ0n) is 12.1. The molecule has 0 N–H and O–H groups in total. The monoisotopic (exact) mass is 236 g/mol. The SMILES string of the molecule is CC(C)N(C(C)C)C(C)C1CCC(C#N)CC1. The molecular weight excluding hydrogens is 208 g/mol. The number of hydrogen-bond acceptors (Lipinski definition) is 2. The predicted molar refractivity (Wildman–Crippen MR) is 72.6 cm³/mol. The molecule has 0 saturated heterocycles. The highest BCUT2D eigenvalue weighted by atomic mass is 15.2. The van der Waals surface area contributed by atoms with Gasteiger partial charge in [-0.25, -0.2) is 0 Å². The minimum absolute atomic E-state index is 0.324. The number of nitriles is 1. The highest BCUT2D eigenvalue weighted by Crippen LogP contribution is 2.33. The van der Waals surface area contributed by atoms with E-state index in [9.17, 15) is 0 Å². The summed E-state index contributed by atoms with van der Waals surface area (Å²) >= 11 is 0. The summed E-state index contributed by atoms with van der Waals surface area (Å²) in [5.74, 6) is 1.11. The Hall–Kier alpha value is -0.550. The molecule has 0 bridgehead atoms. The first-order valence-corrected chi connectivity index (χ1v) is 7.14. The van der Waals surface area contributed by atoms with Crippen LogP contribution in [0.4, 0.5) is 0 Å². The first-order chi connectivity index (χ1) is 7.97. The van der Waals surface area contributed by atoms with Crippen molar-refractivity contribution in [2.45, 2.75) is 78.4 Å². The van der Waals surface area contributed by atoms with Gasteiger partial charge in [-0.3, -0.25) is 4.90 Å². The summed E-state index contributed by atoms with van der Waals surface area (Å²) in [4.78, 5) is 2.62. The Bertz CT molecular complexity index is 249. The van der Waals surface area contributed by atoms with Gasteiger partial charge in [-0.15, -0.1) is 0 Å². The summed E-state index contributed by atoms with van der Waals surface area (Å²) in [6.07, 6.45) is 4.68. The summed E-state index contributed by atoms with van der Waals surface area (Å²) in [5, 5.41) is 8.94. The molecule has 0 aliphatic heterocycles. The maximum Gasteiger partial charge on any atom is 0.0655 e. The van der Waals surface area contributed by atoms with Crippen molar-refractivity contribution in [3.05, 3.63) is 0 Å². The fourth-order valence-electron chi connectivity index (χ4n) is 3.51. The Labute approximate surface area is 107 Å². The van der Waals surface area contributed by atoms with Gasteiger partial charge in [0, 0.05) is 24.0 Å². The third kappa shape index (κ3) is 3.71. The fourth-order valence-corrected chi connectivity index (χ4v) is 3.51. The van der Waals surface area contributed by atoms with Crippen molar-refractivity contribution >= 4 is 0 Å². The van der Waals surface area contributed by atoms with Gasteiger partial charge in [0.2, 0.25) is 0 Å². The van der Waals surface area contributed by atoms with Gasteiger partial charge < -0.3 is 0 Å². The molecule has 1 aliphatic rings. The zero-order chi connectivity index (χ0) is 13.0. The van der Waals surface area contributed by atoms with Crippen LogP contribution in [0, 0.1) is 23.2 Å². The molecule has 1 saturated carbocycles. The maximum atomic E-state index is 8.94. The average molecular weight is 236 g/mol. The molecule has 1 aliphatic carbocycles. The average Bonchev–Trinajstić information content (AvgIpc) is 2.28. The second-order valence-electron chi connectivity index (χ2n) is 6.12. The van der Waals surface area contributed by atoms with E-state index < -0.39 is 0 Å². The third-order valence-electron chi connectivity index (χ3n) is 4.30. The molecule has 0 aromatic heterocycles. The summed E-state index contributed by atoms with van der Waals surface area (Å²) < 4.78 is 0. The number of rotatable bonds is 4. The van der Waals surface area contributed by atoms with Gasteiger partial charge in [0.05, 0.1) is 6.07 Å². The van der Waals surface area contributed by atoms with Crippen LogP contribution in [0.15, 0.2) is 0 Å². The largest absolute Gasteiger partial charge is 0.296 e. The lowest BCUT2D eigenvalue weighted by Gasteiger charge is -2.42. The zero-order valence-corrected chi connectivity index (χ0v) is 12.1. The van der Waals surface area contributed by atoms with E-state index in [4.69, 9.17) is 5.26 Å². The second kappa shape index (κ2) is 6.40. The summed E-state index contributed by atoms with van der Waals surface area (Å²) in [5.41, 5.74) is 0. The quantitative estimate of drug-likeness (QED) is 0.742. The van der Waals surface area contributed by atoms with Crippen LogP contribution in [0.3, 0.4) is 0 Å². The highest BCUT2D eigenvalue weighted by Gasteiger charge is 2.30. The Balaban J connectivity index is 2.58. The smallest absolute Gasteiger partial charge is 0.0655 e. The molecule has 1 fully saturated rings. The van der Waals surface area contributed by atoms with Crippen LogP contribution in [0.25, 0.3) is 0 Å². The standard InChI is InChI=1S/C15H28N2/c1-11(2)17(12(3)4)13(5)15-8-6-14(10-16)7-9-15/h11-15H,6-9H2,1-5H3. The molecule has 1 atom stereocenters. The van der Waals surface area contributed by atoms with Gasteiger partial charge in [-0.2, -0.15) is 5.26 Å². The van der Waals surface area contributed by atoms with Gasteiger partial charge in [0.1, 0.15) is 0 Å². The molecule has 2 nitrogen and oxygen atoms in total. The second-order valence-corrected chi connectivity index (χ2v) is 6.12. The normalized spacial score (nSPS) is 27.5. The van der Waals surface area contributed by atoms with Crippen molar-refractivity contribution < 1.29 is 0 Å².